The zero-order valence-electron chi connectivity index (χ0n) is 38.9. The van der Waals surface area contributed by atoms with Gasteiger partial charge in [0.2, 0.25) is 5.36 Å². The number of carbonyl (C=O) groups is 7. The van der Waals surface area contributed by atoms with E-state index < -0.39 is 54.8 Å². The summed E-state index contributed by atoms with van der Waals surface area (Å²) in [5, 5.41) is 2.07. The van der Waals surface area contributed by atoms with Crippen LogP contribution in [-0.2, 0) is 52.6 Å². The third-order valence-electron chi connectivity index (χ3n) is 10.8. The number of ether oxygens (including phenoxy) is 6. The summed E-state index contributed by atoms with van der Waals surface area (Å²) in [5.41, 5.74) is 3.73. The third-order valence-corrected chi connectivity index (χ3v) is 10.8. The van der Waals surface area contributed by atoms with Gasteiger partial charge >= 0.3 is 29.8 Å². The summed E-state index contributed by atoms with van der Waals surface area (Å²) in [6, 6.07) is 21.3. The Morgan fingerprint density at radius 2 is 1.26 bits per heavy atom. The van der Waals surface area contributed by atoms with Gasteiger partial charge in [0.15, 0.2) is 0 Å². The van der Waals surface area contributed by atoms with E-state index in [1.807, 2.05) is 80.1 Å². The number of nitrogens with zero attached hydrogens (tertiary/aromatic N) is 5. The second-order valence-electron chi connectivity index (χ2n) is 15.6. The predicted molar refractivity (Wildman–Crippen MR) is 246 cm³/mol. The molecule has 1 fully saturated rings. The number of hydroxylamine groups is 2. The number of benzene rings is 4. The second-order valence-corrected chi connectivity index (χ2v) is 15.6. The Labute approximate surface area is 390 Å². The van der Waals surface area contributed by atoms with Crippen LogP contribution in [-0.4, -0.2) is 143 Å². The van der Waals surface area contributed by atoms with Crippen molar-refractivity contribution >= 4 is 69.7 Å². The van der Waals surface area contributed by atoms with Crippen molar-refractivity contribution in [1.29, 1.82) is 0 Å². The molecular weight excluding hydrogens is 887 g/mol. The number of rotatable bonds is 19. The lowest BCUT2D eigenvalue weighted by Gasteiger charge is -2.27. The van der Waals surface area contributed by atoms with Crippen molar-refractivity contribution in [3.8, 4) is 33.9 Å². The van der Waals surface area contributed by atoms with E-state index in [0.717, 1.165) is 41.8 Å². The number of anilines is 3. The van der Waals surface area contributed by atoms with Crippen LogP contribution < -0.4 is 34.1 Å². The first-order valence-corrected chi connectivity index (χ1v) is 21.1. The number of imide groups is 1. The Morgan fingerprint density at radius 1 is 0.676 bits per heavy atom. The zero-order chi connectivity index (χ0) is 49.2. The molecule has 0 radical (unpaired) electrons. The van der Waals surface area contributed by atoms with Crippen molar-refractivity contribution in [2.45, 2.75) is 12.8 Å². The molecule has 0 saturated carbocycles. The van der Waals surface area contributed by atoms with Crippen molar-refractivity contribution in [1.82, 2.24) is 9.64 Å². The average molecular weight is 939 g/mol. The summed E-state index contributed by atoms with van der Waals surface area (Å²) in [6.45, 7) is -2.30. The zero-order valence-corrected chi connectivity index (χ0v) is 38.9. The van der Waals surface area contributed by atoms with Gasteiger partial charge in [0.05, 0.1) is 51.4 Å². The SMILES string of the molecule is COC(=O)CN(CC(=O)OC)c1ccc(-c2c3ccc(=[N+](C)C)cc-3oc3cc(N(C)C)ccc23)cc1OCCOc1cccc(C(=O)ON2C(=O)CCC2=O)c1N(CC(=O)OC)CC(=O)OC. The van der Waals surface area contributed by atoms with Crippen molar-refractivity contribution in [3.05, 3.63) is 83.7 Å². The molecule has 0 aromatic heterocycles. The molecule has 0 unspecified atom stereocenters. The number of para-hydroxylation sites is 1. The van der Waals surface area contributed by atoms with E-state index in [1.165, 1.54) is 42.2 Å². The number of fused-ring (bicyclic) bond motifs is 2. The maximum absolute atomic E-state index is 13.7. The first kappa shape index (κ1) is 49.3. The molecule has 0 bridgehead atoms. The van der Waals surface area contributed by atoms with Crippen molar-refractivity contribution < 1.29 is 71.2 Å². The summed E-state index contributed by atoms with van der Waals surface area (Å²) >= 11 is 0. The van der Waals surface area contributed by atoms with Crippen LogP contribution in [0.3, 0.4) is 0 Å². The molecule has 1 saturated heterocycles. The van der Waals surface area contributed by atoms with Crippen LogP contribution in [0.2, 0.25) is 0 Å². The Balaban J connectivity index is 1.44. The van der Waals surface area contributed by atoms with E-state index in [2.05, 4.69) is 0 Å². The van der Waals surface area contributed by atoms with Gasteiger partial charge in [-0.2, -0.15) is 0 Å². The first-order valence-electron chi connectivity index (χ1n) is 21.1. The summed E-state index contributed by atoms with van der Waals surface area (Å²) in [4.78, 5) is 99.2. The molecule has 3 aliphatic rings. The highest BCUT2D eigenvalue weighted by atomic mass is 16.7. The Kier molecular flexibility index (Phi) is 15.9. The van der Waals surface area contributed by atoms with Crippen LogP contribution in [0.15, 0.2) is 77.2 Å². The van der Waals surface area contributed by atoms with Gasteiger partial charge < -0.3 is 52.4 Å². The Hall–Kier alpha value is -8.16. The predicted octanol–water partition coefficient (Wildman–Crippen LogP) is 3.29. The maximum Gasteiger partial charge on any atom is 0.366 e. The number of carbonyl (C=O) groups excluding carboxylic acids is 7. The van der Waals surface area contributed by atoms with Gasteiger partial charge in [-0.25, -0.2) is 9.37 Å². The second kappa shape index (κ2) is 21.9. The van der Waals surface area contributed by atoms with Crippen molar-refractivity contribution in [3.63, 3.8) is 0 Å². The van der Waals surface area contributed by atoms with Crippen LogP contribution in [0.5, 0.6) is 11.5 Å². The molecule has 2 heterocycles. The van der Waals surface area contributed by atoms with Crippen LogP contribution in [0.25, 0.3) is 33.4 Å². The van der Waals surface area contributed by atoms with Crippen LogP contribution in [0, 0.1) is 0 Å². The van der Waals surface area contributed by atoms with Gasteiger partial charge in [0.1, 0.15) is 76.3 Å². The topological polar surface area (TPSA) is 213 Å². The van der Waals surface area contributed by atoms with Crippen LogP contribution in [0.4, 0.5) is 17.1 Å². The number of esters is 4. The lowest BCUT2D eigenvalue weighted by atomic mass is 9.93. The lowest BCUT2D eigenvalue weighted by Crippen LogP contribution is -2.38. The Bertz CT molecular complexity index is 2750. The van der Waals surface area contributed by atoms with E-state index >= 15 is 0 Å². The third kappa shape index (κ3) is 11.3. The molecule has 20 nitrogen and oxygen atoms in total. The highest BCUT2D eigenvalue weighted by Crippen LogP contribution is 2.43. The molecule has 2 amide bonds. The van der Waals surface area contributed by atoms with E-state index in [-0.39, 0.29) is 61.9 Å². The van der Waals surface area contributed by atoms with Crippen LogP contribution in [0.1, 0.15) is 23.2 Å². The number of amides is 2. The van der Waals surface area contributed by atoms with E-state index in [0.29, 0.717) is 27.7 Å². The molecule has 20 heteroatoms. The molecular formula is C48H52N5O15+. The molecule has 0 spiro atoms. The van der Waals surface area contributed by atoms with E-state index in [9.17, 15) is 33.6 Å². The number of hydrogen-bond acceptors (Lipinski definition) is 18. The quantitative estimate of drug-likeness (QED) is 0.0290. The van der Waals surface area contributed by atoms with Crippen molar-refractivity contribution in [2.24, 2.45) is 0 Å². The Morgan fingerprint density at radius 3 is 1.84 bits per heavy atom. The number of hydrogen-bond donors (Lipinski definition) is 0. The fourth-order valence-electron chi connectivity index (χ4n) is 7.33. The van der Waals surface area contributed by atoms with E-state index in [4.69, 9.17) is 37.7 Å². The summed E-state index contributed by atoms with van der Waals surface area (Å²) in [6.07, 6.45) is -0.313. The summed E-state index contributed by atoms with van der Waals surface area (Å²) in [5.74, 6) is -4.70. The van der Waals surface area contributed by atoms with Gasteiger partial charge in [0, 0.05) is 61.3 Å². The minimum absolute atomic E-state index is 0.0397. The molecule has 0 N–H and O–H groups in total. The number of methoxy groups -OCH3 is 4. The van der Waals surface area contributed by atoms with Gasteiger partial charge in [-0.05, 0) is 48.0 Å². The highest BCUT2D eigenvalue weighted by Gasteiger charge is 2.35. The molecule has 3 aromatic carbocycles. The normalized spacial score (nSPS) is 12.1. The van der Waals surface area contributed by atoms with Gasteiger partial charge in [-0.15, -0.1) is 5.06 Å². The average Bonchev–Trinajstić information content (AvgIpc) is 3.65. The molecule has 3 aromatic rings. The fraction of sp³-hybridized carbons (Fsp3) is 0.333. The summed E-state index contributed by atoms with van der Waals surface area (Å²) < 4.78 is 40.9. The molecule has 0 atom stereocenters. The molecule has 2 aliphatic heterocycles. The van der Waals surface area contributed by atoms with Gasteiger partial charge in [0.25, 0.3) is 11.8 Å². The summed E-state index contributed by atoms with van der Waals surface area (Å²) in [7, 11) is 12.5. The fourth-order valence-corrected chi connectivity index (χ4v) is 7.33. The first-order chi connectivity index (χ1) is 32.6. The molecule has 6 rings (SSSR count). The largest absolute Gasteiger partial charge is 0.488 e. The highest BCUT2D eigenvalue weighted by molar-refractivity contribution is 6.05. The van der Waals surface area contributed by atoms with E-state index in [1.54, 1.807) is 12.1 Å². The lowest BCUT2D eigenvalue weighted by molar-refractivity contribution is -0.172. The van der Waals surface area contributed by atoms with Gasteiger partial charge in [-0.1, -0.05) is 12.1 Å². The maximum atomic E-state index is 13.7. The van der Waals surface area contributed by atoms with Crippen LogP contribution >= 0.6 is 0 Å². The smallest absolute Gasteiger partial charge is 0.366 e. The standard InChI is InChI=1S/C48H52N5O15/c1-49(2)30-13-15-32-37(23-30)67-38-24-31(50(3)4)14-16-33(38)46(32)29-12-17-35(51(25-42(56)61-5)26-43(57)62-6)39(22-29)66-21-20-65-36-11-9-10-34(48(60)68-53-40(54)18-19-41(53)55)47(36)52(27-44(58)63-7)28-45(59)64-8/h9-17,22-24H,18-21,25-28H2,1-8H3/q+1. The molecule has 358 valence electrons. The molecule has 1 aliphatic carbocycles. The van der Waals surface area contributed by atoms with Gasteiger partial charge in [-0.3, -0.25) is 28.8 Å². The molecule has 68 heavy (non-hydrogen) atoms. The minimum atomic E-state index is -1.16. The monoisotopic (exact) mass is 938 g/mol. The van der Waals surface area contributed by atoms with Crippen molar-refractivity contribution in [2.75, 3.05) is 111 Å². The minimum Gasteiger partial charge on any atom is -0.488 e.